The van der Waals surface area contributed by atoms with Crippen LogP contribution in [0.25, 0.3) is 0 Å². The first-order valence-corrected chi connectivity index (χ1v) is 5.82. The van der Waals surface area contributed by atoms with Gasteiger partial charge in [0.1, 0.15) is 0 Å². The number of amides is 1. The molecule has 0 aliphatic rings. The van der Waals surface area contributed by atoms with E-state index in [-0.39, 0.29) is 34.8 Å². The van der Waals surface area contributed by atoms with Crippen LogP contribution in [-0.4, -0.2) is 17.4 Å². The number of carbonyl (C=O) groups is 1. The number of nitrogens with two attached hydrogens (primary N) is 1. The molecule has 0 bridgehead atoms. The first-order valence-electron chi connectivity index (χ1n) is 5.44. The normalized spacial score (nSPS) is 11.9. The summed E-state index contributed by atoms with van der Waals surface area (Å²) in [5.74, 6) is -0.622. The molecule has 1 aromatic carbocycles. The van der Waals surface area contributed by atoms with E-state index in [1.165, 1.54) is 18.2 Å². The fraction of sp³-hybridized carbons (Fsp3) is 0.364. The first-order chi connectivity index (χ1) is 8.49. The summed E-state index contributed by atoms with van der Waals surface area (Å²) in [6.07, 6.45) is 0.592. The molecule has 1 aromatic rings. The van der Waals surface area contributed by atoms with Gasteiger partial charge in [-0.3, -0.25) is 14.9 Å². The summed E-state index contributed by atoms with van der Waals surface area (Å²) >= 11 is 5.87. The van der Waals surface area contributed by atoms with Crippen molar-refractivity contribution in [2.24, 2.45) is 11.7 Å². The van der Waals surface area contributed by atoms with E-state index in [2.05, 4.69) is 5.32 Å². The van der Waals surface area contributed by atoms with Crippen molar-refractivity contribution in [3.05, 3.63) is 33.3 Å². The summed E-state index contributed by atoms with van der Waals surface area (Å²) in [6.45, 7) is 2.06. The Hall–Kier alpha value is -1.66. The van der Waals surface area contributed by atoms with Gasteiger partial charge in [0.25, 0.3) is 5.69 Å². The number of hydrogen-bond acceptors (Lipinski definition) is 4. The summed E-state index contributed by atoms with van der Waals surface area (Å²) < 4.78 is 0. The second kappa shape index (κ2) is 6.32. The van der Waals surface area contributed by atoms with Crippen LogP contribution in [0.3, 0.4) is 0 Å². The van der Waals surface area contributed by atoms with E-state index in [1.807, 2.05) is 6.92 Å². The maximum Gasteiger partial charge on any atom is 0.271 e. The largest absolute Gasteiger partial charge is 0.330 e. The third-order valence-corrected chi connectivity index (χ3v) is 2.90. The lowest BCUT2D eigenvalue weighted by Crippen LogP contribution is -2.28. The molecule has 0 radical (unpaired) electrons. The van der Waals surface area contributed by atoms with Crippen molar-refractivity contribution in [1.82, 2.24) is 0 Å². The van der Waals surface area contributed by atoms with Gasteiger partial charge < -0.3 is 11.1 Å². The van der Waals surface area contributed by atoms with Gasteiger partial charge in [0.15, 0.2) is 0 Å². The molecule has 0 saturated carbocycles. The predicted molar refractivity (Wildman–Crippen MR) is 69.6 cm³/mol. The van der Waals surface area contributed by atoms with Crippen molar-refractivity contribution in [3.8, 4) is 0 Å². The number of carbonyl (C=O) groups excluding carboxylic acids is 1. The van der Waals surface area contributed by atoms with Gasteiger partial charge in [0.2, 0.25) is 5.91 Å². The van der Waals surface area contributed by atoms with E-state index < -0.39 is 4.92 Å². The smallest absolute Gasteiger partial charge is 0.271 e. The molecule has 0 aliphatic heterocycles. The predicted octanol–water partition coefficient (Wildman–Crippen LogP) is 2.17. The van der Waals surface area contributed by atoms with Gasteiger partial charge >= 0.3 is 0 Å². The minimum atomic E-state index is -0.549. The van der Waals surface area contributed by atoms with Crippen molar-refractivity contribution in [3.63, 3.8) is 0 Å². The van der Waals surface area contributed by atoms with Gasteiger partial charge in [0, 0.05) is 18.7 Å². The Balaban J connectivity index is 2.93. The number of nitrogens with zero attached hydrogens (tertiary/aromatic N) is 1. The zero-order valence-electron chi connectivity index (χ0n) is 9.85. The number of nitrogens with one attached hydrogen (secondary N) is 1. The van der Waals surface area contributed by atoms with Crippen LogP contribution in [-0.2, 0) is 4.79 Å². The molecule has 98 valence electrons. The fourth-order valence-corrected chi connectivity index (χ4v) is 1.58. The van der Waals surface area contributed by atoms with Crippen molar-refractivity contribution >= 4 is 28.9 Å². The van der Waals surface area contributed by atoms with Crippen LogP contribution in [0.2, 0.25) is 5.02 Å². The fourth-order valence-electron chi connectivity index (χ4n) is 1.42. The molecule has 0 spiro atoms. The highest BCUT2D eigenvalue weighted by Gasteiger charge is 2.17. The van der Waals surface area contributed by atoms with E-state index in [9.17, 15) is 14.9 Å². The minimum Gasteiger partial charge on any atom is -0.330 e. The highest BCUT2D eigenvalue weighted by Crippen LogP contribution is 2.27. The van der Waals surface area contributed by atoms with Crippen LogP contribution in [0.15, 0.2) is 18.2 Å². The lowest BCUT2D eigenvalue weighted by atomic mass is 10.1. The number of rotatable bonds is 5. The number of non-ortho nitro benzene ring substituents is 1. The van der Waals surface area contributed by atoms with E-state index in [4.69, 9.17) is 17.3 Å². The molecular weight excluding hydrogens is 258 g/mol. The SMILES string of the molecule is CCC(CN)C(=O)Nc1cc([N+](=O)[O-])ccc1Cl. The van der Waals surface area contributed by atoms with Crippen molar-refractivity contribution < 1.29 is 9.72 Å². The van der Waals surface area contributed by atoms with E-state index in [0.29, 0.717) is 6.42 Å². The second-order valence-corrected chi connectivity index (χ2v) is 4.16. The van der Waals surface area contributed by atoms with Gasteiger partial charge in [-0.15, -0.1) is 0 Å². The average molecular weight is 272 g/mol. The van der Waals surface area contributed by atoms with Crippen LogP contribution in [0.5, 0.6) is 0 Å². The maximum atomic E-state index is 11.8. The van der Waals surface area contributed by atoms with E-state index in [1.54, 1.807) is 0 Å². The van der Waals surface area contributed by atoms with Crippen LogP contribution in [0.4, 0.5) is 11.4 Å². The quantitative estimate of drug-likeness (QED) is 0.633. The Morgan fingerprint density at radius 2 is 2.28 bits per heavy atom. The summed E-state index contributed by atoms with van der Waals surface area (Å²) in [5, 5.41) is 13.4. The third kappa shape index (κ3) is 3.41. The summed E-state index contributed by atoms with van der Waals surface area (Å²) in [5.41, 5.74) is 5.55. The Morgan fingerprint density at radius 3 is 2.78 bits per heavy atom. The zero-order chi connectivity index (χ0) is 13.7. The highest BCUT2D eigenvalue weighted by molar-refractivity contribution is 6.33. The van der Waals surface area contributed by atoms with Crippen LogP contribution >= 0.6 is 11.6 Å². The minimum absolute atomic E-state index is 0.129. The van der Waals surface area contributed by atoms with Crippen molar-refractivity contribution in [2.45, 2.75) is 13.3 Å². The molecule has 7 heteroatoms. The Morgan fingerprint density at radius 1 is 1.61 bits per heavy atom. The molecule has 1 rings (SSSR count). The Labute approximate surface area is 109 Å². The van der Waals surface area contributed by atoms with Gasteiger partial charge in [-0.05, 0) is 12.5 Å². The van der Waals surface area contributed by atoms with Gasteiger partial charge in [0.05, 0.1) is 21.6 Å². The molecule has 1 amide bonds. The Bertz CT molecular complexity index is 461. The average Bonchev–Trinajstić information content (AvgIpc) is 2.33. The maximum absolute atomic E-state index is 11.8. The molecule has 1 atom stereocenters. The number of anilines is 1. The zero-order valence-corrected chi connectivity index (χ0v) is 10.6. The van der Waals surface area contributed by atoms with Crippen molar-refractivity contribution in [1.29, 1.82) is 0 Å². The standard InChI is InChI=1S/C11H14ClN3O3/c1-2-7(6-13)11(16)14-10-5-8(15(17)18)3-4-9(10)12/h3-5,7H,2,6,13H2,1H3,(H,14,16). The molecule has 0 saturated heterocycles. The molecule has 0 fully saturated rings. The summed E-state index contributed by atoms with van der Waals surface area (Å²) in [4.78, 5) is 21.9. The molecule has 3 N–H and O–H groups in total. The topological polar surface area (TPSA) is 98.3 Å². The molecule has 0 heterocycles. The van der Waals surface area contributed by atoms with Gasteiger partial charge in [-0.2, -0.15) is 0 Å². The molecule has 0 aliphatic carbocycles. The molecular formula is C11H14ClN3O3. The number of halogens is 1. The van der Waals surface area contributed by atoms with E-state index >= 15 is 0 Å². The first kappa shape index (κ1) is 14.4. The number of hydrogen-bond donors (Lipinski definition) is 2. The van der Waals surface area contributed by atoms with Gasteiger partial charge in [-0.1, -0.05) is 18.5 Å². The highest BCUT2D eigenvalue weighted by atomic mass is 35.5. The van der Waals surface area contributed by atoms with E-state index in [0.717, 1.165) is 0 Å². The Kier molecular flexibility index (Phi) is 5.06. The lowest BCUT2D eigenvalue weighted by Gasteiger charge is -2.13. The van der Waals surface area contributed by atoms with Gasteiger partial charge in [-0.25, -0.2) is 0 Å². The molecule has 6 nitrogen and oxygen atoms in total. The summed E-state index contributed by atoms with van der Waals surface area (Å²) in [6, 6.07) is 3.88. The van der Waals surface area contributed by atoms with Crippen LogP contribution in [0.1, 0.15) is 13.3 Å². The summed E-state index contributed by atoms with van der Waals surface area (Å²) in [7, 11) is 0. The van der Waals surface area contributed by atoms with Crippen LogP contribution in [0, 0.1) is 16.0 Å². The number of nitro groups is 1. The molecule has 1 unspecified atom stereocenters. The third-order valence-electron chi connectivity index (χ3n) is 2.57. The van der Waals surface area contributed by atoms with Crippen molar-refractivity contribution in [2.75, 3.05) is 11.9 Å². The molecule has 18 heavy (non-hydrogen) atoms. The molecule has 0 aromatic heterocycles. The second-order valence-electron chi connectivity index (χ2n) is 3.75. The number of nitro benzene ring substituents is 1. The lowest BCUT2D eigenvalue weighted by molar-refractivity contribution is -0.384. The number of benzene rings is 1. The van der Waals surface area contributed by atoms with Crippen LogP contribution < -0.4 is 11.1 Å². The monoisotopic (exact) mass is 271 g/mol.